The number of methoxy groups -OCH3 is 1. The first-order valence-corrected chi connectivity index (χ1v) is 6.45. The molecule has 2 aromatic rings. The molecule has 0 aliphatic rings. The number of ether oxygens (including phenoxy) is 2. The Kier molecular flexibility index (Phi) is 5.08. The van der Waals surface area contributed by atoms with E-state index in [9.17, 15) is 14.0 Å². The molecule has 0 saturated carbocycles. The normalized spacial score (nSPS) is 9.91. The lowest BCUT2D eigenvalue weighted by molar-refractivity contribution is -0.118. The Morgan fingerprint density at radius 3 is 2.64 bits per heavy atom. The van der Waals surface area contributed by atoms with Gasteiger partial charge in [-0.1, -0.05) is 18.2 Å². The number of rotatable bonds is 5. The van der Waals surface area contributed by atoms with E-state index in [0.29, 0.717) is 5.69 Å². The van der Waals surface area contributed by atoms with Crippen molar-refractivity contribution in [3.63, 3.8) is 0 Å². The number of esters is 1. The lowest BCUT2D eigenvalue weighted by Gasteiger charge is -2.10. The van der Waals surface area contributed by atoms with E-state index >= 15 is 0 Å². The van der Waals surface area contributed by atoms with Crippen LogP contribution in [0.2, 0.25) is 0 Å². The van der Waals surface area contributed by atoms with E-state index < -0.39 is 17.7 Å². The van der Waals surface area contributed by atoms with Crippen LogP contribution < -0.4 is 10.1 Å². The van der Waals surface area contributed by atoms with Crippen LogP contribution in [0, 0.1) is 5.82 Å². The number of benzene rings is 2. The maximum absolute atomic E-state index is 13.0. The second kappa shape index (κ2) is 7.21. The summed E-state index contributed by atoms with van der Waals surface area (Å²) in [7, 11) is 1.26. The molecule has 0 unspecified atom stereocenters. The van der Waals surface area contributed by atoms with Gasteiger partial charge in [0.15, 0.2) is 6.61 Å². The van der Waals surface area contributed by atoms with E-state index in [0.717, 1.165) is 0 Å². The van der Waals surface area contributed by atoms with Gasteiger partial charge >= 0.3 is 5.97 Å². The van der Waals surface area contributed by atoms with Crippen LogP contribution in [0.1, 0.15) is 10.4 Å². The summed E-state index contributed by atoms with van der Waals surface area (Å²) in [6.07, 6.45) is 0. The lowest BCUT2D eigenvalue weighted by atomic mass is 10.2. The van der Waals surface area contributed by atoms with Crippen molar-refractivity contribution in [2.45, 2.75) is 0 Å². The van der Waals surface area contributed by atoms with E-state index in [1.54, 1.807) is 24.3 Å². The molecule has 5 nitrogen and oxygen atoms in total. The van der Waals surface area contributed by atoms with Crippen LogP contribution in [0.3, 0.4) is 0 Å². The number of halogens is 1. The Labute approximate surface area is 126 Å². The fourth-order valence-corrected chi connectivity index (χ4v) is 1.77. The number of carbonyl (C=O) groups is 2. The van der Waals surface area contributed by atoms with Gasteiger partial charge in [0.05, 0.1) is 18.4 Å². The highest BCUT2D eigenvalue weighted by Gasteiger charge is 2.13. The summed E-state index contributed by atoms with van der Waals surface area (Å²) in [5, 5.41) is 2.55. The minimum absolute atomic E-state index is 0.240. The minimum Gasteiger partial charge on any atom is -0.484 e. The van der Waals surface area contributed by atoms with Crippen LogP contribution in [0.4, 0.5) is 10.1 Å². The zero-order chi connectivity index (χ0) is 15.9. The van der Waals surface area contributed by atoms with Gasteiger partial charge in [0.2, 0.25) is 0 Å². The molecular weight excluding hydrogens is 289 g/mol. The maximum Gasteiger partial charge on any atom is 0.339 e. The molecule has 2 aromatic carbocycles. The van der Waals surface area contributed by atoms with Gasteiger partial charge in [-0.25, -0.2) is 9.18 Å². The van der Waals surface area contributed by atoms with Gasteiger partial charge in [-0.3, -0.25) is 4.79 Å². The molecule has 6 heteroatoms. The molecule has 0 heterocycles. The van der Waals surface area contributed by atoms with Gasteiger partial charge in [0, 0.05) is 6.07 Å². The van der Waals surface area contributed by atoms with E-state index in [-0.39, 0.29) is 17.9 Å². The van der Waals surface area contributed by atoms with Gasteiger partial charge in [-0.05, 0) is 24.3 Å². The number of para-hydroxylation sites is 1. The van der Waals surface area contributed by atoms with Gasteiger partial charge < -0.3 is 14.8 Å². The van der Waals surface area contributed by atoms with E-state index in [2.05, 4.69) is 10.1 Å². The smallest absolute Gasteiger partial charge is 0.339 e. The topological polar surface area (TPSA) is 64.6 Å². The third-order valence-electron chi connectivity index (χ3n) is 2.77. The Bertz CT molecular complexity index is 687. The molecule has 0 saturated heterocycles. The van der Waals surface area contributed by atoms with Gasteiger partial charge in [0.25, 0.3) is 5.91 Å². The van der Waals surface area contributed by atoms with Crippen LogP contribution in [-0.2, 0) is 9.53 Å². The number of nitrogens with one attached hydrogen (secondary N) is 1. The summed E-state index contributed by atoms with van der Waals surface area (Å²) in [6.45, 7) is -0.307. The largest absolute Gasteiger partial charge is 0.484 e. The predicted octanol–water partition coefficient (Wildman–Crippen LogP) is 2.63. The van der Waals surface area contributed by atoms with Crippen molar-refractivity contribution in [2.75, 3.05) is 19.0 Å². The van der Waals surface area contributed by atoms with E-state index in [4.69, 9.17) is 4.74 Å². The standard InChI is InChI=1S/C16H14FNO4/c1-21-16(20)13-7-2-3-8-14(13)18-15(19)10-22-12-6-4-5-11(17)9-12/h2-9H,10H2,1H3,(H,18,19). The third-order valence-corrected chi connectivity index (χ3v) is 2.77. The zero-order valence-electron chi connectivity index (χ0n) is 11.8. The van der Waals surface area contributed by atoms with Crippen molar-refractivity contribution in [2.24, 2.45) is 0 Å². The first-order chi connectivity index (χ1) is 10.6. The number of amides is 1. The van der Waals surface area contributed by atoms with Crippen LogP contribution >= 0.6 is 0 Å². The van der Waals surface area contributed by atoms with E-state index in [1.807, 2.05) is 0 Å². The molecule has 0 aromatic heterocycles. The van der Waals surface area contributed by atoms with Crippen molar-refractivity contribution < 1.29 is 23.5 Å². The fraction of sp³-hybridized carbons (Fsp3) is 0.125. The van der Waals surface area contributed by atoms with Crippen molar-refractivity contribution in [3.05, 3.63) is 59.9 Å². The van der Waals surface area contributed by atoms with Crippen molar-refractivity contribution in [3.8, 4) is 5.75 Å². The lowest BCUT2D eigenvalue weighted by Crippen LogP contribution is -2.21. The summed E-state index contributed by atoms with van der Waals surface area (Å²) in [5.74, 6) is -1.23. The van der Waals surface area contributed by atoms with Crippen molar-refractivity contribution >= 4 is 17.6 Å². The fourth-order valence-electron chi connectivity index (χ4n) is 1.77. The highest BCUT2D eigenvalue weighted by molar-refractivity contribution is 6.01. The number of anilines is 1. The first-order valence-electron chi connectivity index (χ1n) is 6.45. The van der Waals surface area contributed by atoms with Crippen LogP contribution in [0.15, 0.2) is 48.5 Å². The highest BCUT2D eigenvalue weighted by atomic mass is 19.1. The molecule has 0 spiro atoms. The first kappa shape index (κ1) is 15.5. The molecule has 22 heavy (non-hydrogen) atoms. The second-order valence-electron chi connectivity index (χ2n) is 4.33. The Morgan fingerprint density at radius 1 is 1.14 bits per heavy atom. The number of carbonyl (C=O) groups excluding carboxylic acids is 2. The molecule has 0 fully saturated rings. The quantitative estimate of drug-likeness (QED) is 0.862. The minimum atomic E-state index is -0.554. The Morgan fingerprint density at radius 2 is 1.91 bits per heavy atom. The molecule has 2 rings (SSSR count). The molecule has 114 valence electrons. The Hall–Kier alpha value is -2.89. The van der Waals surface area contributed by atoms with Gasteiger partial charge in [-0.15, -0.1) is 0 Å². The average Bonchev–Trinajstić information content (AvgIpc) is 2.53. The summed E-state index contributed by atoms with van der Waals surface area (Å²) >= 11 is 0. The highest BCUT2D eigenvalue weighted by Crippen LogP contribution is 2.16. The van der Waals surface area contributed by atoms with Gasteiger partial charge in [-0.2, -0.15) is 0 Å². The van der Waals surface area contributed by atoms with Crippen LogP contribution in [-0.4, -0.2) is 25.6 Å². The van der Waals surface area contributed by atoms with E-state index in [1.165, 1.54) is 31.4 Å². The molecule has 1 N–H and O–H groups in total. The number of hydrogen-bond acceptors (Lipinski definition) is 4. The predicted molar refractivity (Wildman–Crippen MR) is 78.3 cm³/mol. The zero-order valence-corrected chi connectivity index (χ0v) is 11.8. The average molecular weight is 303 g/mol. The molecule has 0 aliphatic carbocycles. The summed E-state index contributed by atoms with van der Waals surface area (Å²) in [4.78, 5) is 23.4. The number of hydrogen-bond donors (Lipinski definition) is 1. The molecule has 0 atom stereocenters. The van der Waals surface area contributed by atoms with Crippen LogP contribution in [0.25, 0.3) is 0 Å². The molecule has 0 radical (unpaired) electrons. The summed E-state index contributed by atoms with van der Waals surface area (Å²) < 4.78 is 22.8. The van der Waals surface area contributed by atoms with Crippen LogP contribution in [0.5, 0.6) is 5.75 Å². The molecule has 0 bridgehead atoms. The van der Waals surface area contributed by atoms with Crippen molar-refractivity contribution in [1.29, 1.82) is 0 Å². The molecule has 0 aliphatic heterocycles. The molecular formula is C16H14FNO4. The SMILES string of the molecule is COC(=O)c1ccccc1NC(=O)COc1cccc(F)c1. The third kappa shape index (κ3) is 4.05. The monoisotopic (exact) mass is 303 g/mol. The summed E-state index contributed by atoms with van der Waals surface area (Å²) in [5.41, 5.74) is 0.561. The Balaban J connectivity index is 1.99. The van der Waals surface area contributed by atoms with Gasteiger partial charge in [0.1, 0.15) is 11.6 Å². The summed E-state index contributed by atoms with van der Waals surface area (Å²) in [6, 6.07) is 11.9. The molecule has 1 amide bonds. The van der Waals surface area contributed by atoms with Crippen molar-refractivity contribution in [1.82, 2.24) is 0 Å². The second-order valence-corrected chi connectivity index (χ2v) is 4.33. The maximum atomic E-state index is 13.0.